The normalized spacial score (nSPS) is 21.1. The van der Waals surface area contributed by atoms with Gasteiger partial charge in [-0.05, 0) is 55.0 Å². The van der Waals surface area contributed by atoms with Gasteiger partial charge in [-0.25, -0.2) is 14.4 Å². The van der Waals surface area contributed by atoms with Crippen LogP contribution in [0.1, 0.15) is 42.7 Å². The first-order chi connectivity index (χ1) is 11.1. The summed E-state index contributed by atoms with van der Waals surface area (Å²) in [6.45, 7) is 2.58. The van der Waals surface area contributed by atoms with Gasteiger partial charge in [0, 0.05) is 11.6 Å². The zero-order chi connectivity index (χ0) is 16.0. The summed E-state index contributed by atoms with van der Waals surface area (Å²) in [6, 6.07) is 6.63. The van der Waals surface area contributed by atoms with Crippen molar-refractivity contribution in [2.75, 3.05) is 5.32 Å². The smallest absolute Gasteiger partial charge is 0.224 e. The first-order valence-electron chi connectivity index (χ1n) is 7.81. The van der Waals surface area contributed by atoms with Crippen molar-refractivity contribution in [1.82, 2.24) is 9.97 Å². The molecule has 2 aromatic rings. The Morgan fingerprint density at radius 3 is 2.70 bits per heavy atom. The molecule has 0 amide bonds. The van der Waals surface area contributed by atoms with Gasteiger partial charge in [0.05, 0.1) is 12.3 Å². The molecule has 120 valence electrons. The zero-order valence-electron chi connectivity index (χ0n) is 12.7. The van der Waals surface area contributed by atoms with Crippen molar-refractivity contribution in [3.8, 4) is 0 Å². The Kier molecular flexibility index (Phi) is 3.70. The molecule has 23 heavy (non-hydrogen) atoms. The van der Waals surface area contributed by atoms with E-state index in [-0.39, 0.29) is 17.2 Å². The van der Waals surface area contributed by atoms with Gasteiger partial charge in [-0.3, -0.25) is 0 Å². The summed E-state index contributed by atoms with van der Waals surface area (Å²) in [5.41, 5.74) is 2.57. The van der Waals surface area contributed by atoms with Crippen LogP contribution >= 0.6 is 11.6 Å². The van der Waals surface area contributed by atoms with Crippen molar-refractivity contribution >= 4 is 17.4 Å². The van der Waals surface area contributed by atoms with Gasteiger partial charge >= 0.3 is 0 Å². The summed E-state index contributed by atoms with van der Waals surface area (Å²) >= 11 is 6.11. The molecule has 0 radical (unpaired) electrons. The summed E-state index contributed by atoms with van der Waals surface area (Å²) in [5.74, 6) is 1.19. The minimum atomic E-state index is -0.331. The third kappa shape index (κ3) is 2.91. The van der Waals surface area contributed by atoms with Crippen molar-refractivity contribution < 1.29 is 9.13 Å². The van der Waals surface area contributed by atoms with E-state index >= 15 is 0 Å². The topological polar surface area (TPSA) is 47.0 Å². The van der Waals surface area contributed by atoms with E-state index in [1.165, 1.54) is 25.0 Å². The molecule has 2 heterocycles. The number of aromatic nitrogens is 2. The van der Waals surface area contributed by atoms with E-state index in [1.54, 1.807) is 12.1 Å². The molecule has 0 spiro atoms. The first kappa shape index (κ1) is 14.8. The van der Waals surface area contributed by atoms with E-state index in [2.05, 4.69) is 22.2 Å². The molecule has 1 saturated carbocycles. The maximum Gasteiger partial charge on any atom is 0.224 e. The Bertz CT molecular complexity index is 733. The number of hydrogen-bond donors (Lipinski definition) is 1. The number of nitrogens with zero attached hydrogens (tertiary/aromatic N) is 2. The van der Waals surface area contributed by atoms with Crippen molar-refractivity contribution in [3.05, 3.63) is 52.2 Å². The van der Waals surface area contributed by atoms with Gasteiger partial charge < -0.3 is 10.1 Å². The van der Waals surface area contributed by atoms with Crippen LogP contribution in [-0.2, 0) is 11.3 Å². The van der Waals surface area contributed by atoms with E-state index in [0.717, 1.165) is 22.6 Å². The number of halogens is 2. The lowest BCUT2D eigenvalue weighted by Crippen LogP contribution is -2.19. The molecule has 1 N–H and O–H groups in total. The van der Waals surface area contributed by atoms with Gasteiger partial charge in [0.1, 0.15) is 17.7 Å². The molecule has 1 unspecified atom stereocenters. The molecule has 2 aliphatic rings. The minimum Gasteiger partial charge on any atom is -0.367 e. The monoisotopic (exact) mass is 333 g/mol. The van der Waals surface area contributed by atoms with Crippen molar-refractivity contribution in [2.24, 2.45) is 5.92 Å². The van der Waals surface area contributed by atoms with Crippen molar-refractivity contribution in [3.63, 3.8) is 0 Å². The number of rotatable bonds is 4. The van der Waals surface area contributed by atoms with E-state index in [9.17, 15) is 4.39 Å². The summed E-state index contributed by atoms with van der Waals surface area (Å²) in [5, 5.41) is 3.65. The quantitative estimate of drug-likeness (QED) is 0.856. The molecule has 1 aliphatic carbocycles. The average Bonchev–Trinajstić information content (AvgIpc) is 3.29. The Morgan fingerprint density at radius 1 is 1.26 bits per heavy atom. The lowest BCUT2D eigenvalue weighted by atomic mass is 10.0. The number of ether oxygens (including phenoxy) is 1. The molecule has 0 saturated heterocycles. The van der Waals surface area contributed by atoms with Gasteiger partial charge in [-0.2, -0.15) is 0 Å². The van der Waals surface area contributed by atoms with Gasteiger partial charge in [0.2, 0.25) is 5.28 Å². The third-order valence-corrected chi connectivity index (χ3v) is 4.69. The van der Waals surface area contributed by atoms with E-state index in [1.807, 2.05) is 0 Å². The van der Waals surface area contributed by atoms with E-state index < -0.39 is 0 Å². The molecule has 2 atom stereocenters. The molecular weight excluding hydrogens is 317 g/mol. The second-order valence-corrected chi connectivity index (χ2v) is 6.56. The van der Waals surface area contributed by atoms with Crippen LogP contribution in [0.4, 0.5) is 10.2 Å². The fourth-order valence-corrected chi connectivity index (χ4v) is 3.19. The highest BCUT2D eigenvalue weighted by molar-refractivity contribution is 6.28. The third-order valence-electron chi connectivity index (χ3n) is 4.52. The average molecular weight is 334 g/mol. The Morgan fingerprint density at radius 2 is 2.00 bits per heavy atom. The Labute approximate surface area is 139 Å². The number of fused-ring (bicyclic) bond motifs is 1. The summed E-state index contributed by atoms with van der Waals surface area (Å²) in [7, 11) is 0. The number of hydrogen-bond acceptors (Lipinski definition) is 4. The van der Waals surface area contributed by atoms with Crippen LogP contribution in [0.3, 0.4) is 0 Å². The minimum absolute atomic E-state index is 0.201. The molecule has 0 bridgehead atoms. The lowest BCUT2D eigenvalue weighted by Gasteiger charge is -2.16. The fourth-order valence-electron chi connectivity index (χ4n) is 3.02. The summed E-state index contributed by atoms with van der Waals surface area (Å²) in [6.07, 6.45) is 2.18. The first-order valence-corrected chi connectivity index (χ1v) is 8.19. The van der Waals surface area contributed by atoms with Gasteiger partial charge in [0.15, 0.2) is 0 Å². The second-order valence-electron chi connectivity index (χ2n) is 6.22. The zero-order valence-corrected chi connectivity index (χ0v) is 13.5. The molecular formula is C17H17ClFN3O. The van der Waals surface area contributed by atoms with Crippen molar-refractivity contribution in [1.29, 1.82) is 0 Å². The van der Waals surface area contributed by atoms with Crippen LogP contribution in [0.2, 0.25) is 5.28 Å². The van der Waals surface area contributed by atoms with Crippen LogP contribution in [0, 0.1) is 11.7 Å². The molecule has 1 aromatic carbocycles. The van der Waals surface area contributed by atoms with E-state index in [4.69, 9.17) is 16.3 Å². The Hall–Kier alpha value is -1.72. The van der Waals surface area contributed by atoms with Gasteiger partial charge in [-0.1, -0.05) is 12.1 Å². The SMILES string of the molecule is C[C@@H](Nc1nc(Cl)nc2c1COC2c1ccc(F)cc1)C1CC1. The fraction of sp³-hybridized carbons (Fsp3) is 0.412. The Balaban J connectivity index is 1.67. The standard InChI is InChI=1S/C17H17ClFN3O/c1-9(10-2-3-10)20-16-13-8-23-15(14(13)21-17(18)22-16)11-4-6-12(19)7-5-11/h4-7,9-10,15H,2-3,8H2,1H3,(H,20,21,22)/t9-,15?/m1/s1. The maximum absolute atomic E-state index is 13.1. The van der Waals surface area contributed by atoms with Crippen LogP contribution in [0.25, 0.3) is 0 Å². The molecule has 6 heteroatoms. The second kappa shape index (κ2) is 5.73. The largest absolute Gasteiger partial charge is 0.367 e. The highest BCUT2D eigenvalue weighted by atomic mass is 35.5. The molecule has 4 rings (SSSR count). The number of nitrogens with one attached hydrogen (secondary N) is 1. The molecule has 1 aliphatic heterocycles. The number of benzene rings is 1. The lowest BCUT2D eigenvalue weighted by molar-refractivity contribution is 0.0924. The van der Waals surface area contributed by atoms with Gasteiger partial charge in [-0.15, -0.1) is 0 Å². The molecule has 4 nitrogen and oxygen atoms in total. The van der Waals surface area contributed by atoms with E-state index in [0.29, 0.717) is 18.6 Å². The highest BCUT2D eigenvalue weighted by Crippen LogP contribution is 2.40. The predicted molar refractivity (Wildman–Crippen MR) is 85.9 cm³/mol. The van der Waals surface area contributed by atoms with Crippen LogP contribution < -0.4 is 5.32 Å². The maximum atomic E-state index is 13.1. The van der Waals surface area contributed by atoms with Gasteiger partial charge in [0.25, 0.3) is 0 Å². The van der Waals surface area contributed by atoms with Crippen LogP contribution in [-0.4, -0.2) is 16.0 Å². The summed E-state index contributed by atoms with van der Waals surface area (Å²) in [4.78, 5) is 8.70. The summed E-state index contributed by atoms with van der Waals surface area (Å²) < 4.78 is 19.0. The number of anilines is 1. The van der Waals surface area contributed by atoms with Crippen LogP contribution in [0.15, 0.2) is 24.3 Å². The molecule has 1 fully saturated rings. The molecule has 1 aromatic heterocycles. The predicted octanol–water partition coefficient (Wildman–Crippen LogP) is 4.10. The highest BCUT2D eigenvalue weighted by Gasteiger charge is 2.33. The van der Waals surface area contributed by atoms with Crippen molar-refractivity contribution in [2.45, 2.75) is 38.5 Å². The van der Waals surface area contributed by atoms with Crippen LogP contribution in [0.5, 0.6) is 0 Å².